The summed E-state index contributed by atoms with van der Waals surface area (Å²) in [5.41, 5.74) is 2.12. The third kappa shape index (κ3) is 1.57. The molecule has 86 valence electrons. The molecule has 0 saturated carbocycles. The van der Waals surface area contributed by atoms with Crippen LogP contribution in [0.5, 0.6) is 11.5 Å². The fraction of sp³-hybridized carbons (Fsp3) is 0.200. The minimum atomic E-state index is -0.713. The van der Waals surface area contributed by atoms with Crippen LogP contribution in [-0.2, 0) is 5.79 Å². The SMILES string of the molecule is Cc1cccc2c1OC(C)(c1ccccc1)O2. The first kappa shape index (κ1) is 10.2. The number of aryl methyl sites for hydroxylation is 1. The molecule has 0 amide bonds. The van der Waals surface area contributed by atoms with Crippen molar-refractivity contribution in [3.8, 4) is 11.5 Å². The van der Waals surface area contributed by atoms with Crippen molar-refractivity contribution >= 4 is 0 Å². The van der Waals surface area contributed by atoms with Gasteiger partial charge in [-0.1, -0.05) is 42.5 Å². The van der Waals surface area contributed by atoms with E-state index in [0.29, 0.717) is 0 Å². The molecule has 0 radical (unpaired) electrons. The lowest BCUT2D eigenvalue weighted by atomic mass is 10.1. The Morgan fingerprint density at radius 3 is 2.35 bits per heavy atom. The van der Waals surface area contributed by atoms with Crippen LogP contribution >= 0.6 is 0 Å². The highest BCUT2D eigenvalue weighted by atomic mass is 16.7. The molecule has 2 aromatic carbocycles. The molecule has 1 atom stereocenters. The molecule has 0 N–H and O–H groups in total. The summed E-state index contributed by atoms with van der Waals surface area (Å²) in [6.07, 6.45) is 0. The Hall–Kier alpha value is -1.96. The standard InChI is InChI=1S/C15H14O2/c1-11-7-6-10-13-14(11)17-15(2,16-13)12-8-4-3-5-9-12/h3-10H,1-2H3. The topological polar surface area (TPSA) is 18.5 Å². The normalized spacial score (nSPS) is 21.5. The zero-order valence-electron chi connectivity index (χ0n) is 9.94. The van der Waals surface area contributed by atoms with Crippen LogP contribution in [0.3, 0.4) is 0 Å². The molecule has 2 nitrogen and oxygen atoms in total. The predicted molar refractivity (Wildman–Crippen MR) is 66.2 cm³/mol. The second kappa shape index (κ2) is 3.52. The zero-order chi connectivity index (χ0) is 11.9. The molecule has 1 heterocycles. The van der Waals surface area contributed by atoms with Crippen molar-refractivity contribution < 1.29 is 9.47 Å². The molecule has 0 spiro atoms. The van der Waals surface area contributed by atoms with E-state index >= 15 is 0 Å². The van der Waals surface area contributed by atoms with E-state index in [1.165, 1.54) is 0 Å². The molecule has 2 heteroatoms. The van der Waals surface area contributed by atoms with E-state index in [4.69, 9.17) is 9.47 Å². The van der Waals surface area contributed by atoms with E-state index < -0.39 is 5.79 Å². The van der Waals surface area contributed by atoms with Crippen LogP contribution in [0.4, 0.5) is 0 Å². The van der Waals surface area contributed by atoms with E-state index in [-0.39, 0.29) is 0 Å². The van der Waals surface area contributed by atoms with Crippen molar-refractivity contribution in [3.63, 3.8) is 0 Å². The molecule has 0 aromatic heterocycles. The van der Waals surface area contributed by atoms with Crippen LogP contribution in [-0.4, -0.2) is 0 Å². The zero-order valence-corrected chi connectivity index (χ0v) is 9.94. The Morgan fingerprint density at radius 1 is 0.882 bits per heavy atom. The van der Waals surface area contributed by atoms with Crippen LogP contribution in [0.15, 0.2) is 48.5 Å². The van der Waals surface area contributed by atoms with E-state index in [1.807, 2.05) is 62.4 Å². The summed E-state index contributed by atoms with van der Waals surface area (Å²) in [6, 6.07) is 15.9. The van der Waals surface area contributed by atoms with Crippen molar-refractivity contribution in [1.29, 1.82) is 0 Å². The third-order valence-corrected chi connectivity index (χ3v) is 3.08. The van der Waals surface area contributed by atoms with Gasteiger partial charge in [-0.05, 0) is 18.6 Å². The van der Waals surface area contributed by atoms with Gasteiger partial charge in [0.1, 0.15) is 0 Å². The molecule has 17 heavy (non-hydrogen) atoms. The highest BCUT2D eigenvalue weighted by Gasteiger charge is 2.39. The fourth-order valence-corrected chi connectivity index (χ4v) is 2.12. The van der Waals surface area contributed by atoms with Crippen LogP contribution in [0.2, 0.25) is 0 Å². The number of ether oxygens (including phenoxy) is 2. The van der Waals surface area contributed by atoms with E-state index in [0.717, 1.165) is 22.6 Å². The van der Waals surface area contributed by atoms with Crippen LogP contribution in [0.1, 0.15) is 18.1 Å². The van der Waals surface area contributed by atoms with Gasteiger partial charge in [-0.25, -0.2) is 0 Å². The minimum absolute atomic E-state index is 0.713. The molecule has 3 rings (SSSR count). The monoisotopic (exact) mass is 226 g/mol. The van der Waals surface area contributed by atoms with Crippen molar-refractivity contribution in [2.24, 2.45) is 0 Å². The Labute approximate surface area is 101 Å². The van der Waals surface area contributed by atoms with Gasteiger partial charge in [-0.2, -0.15) is 0 Å². The molecule has 1 unspecified atom stereocenters. The van der Waals surface area contributed by atoms with Gasteiger partial charge in [0.2, 0.25) is 0 Å². The molecule has 0 saturated heterocycles. The molecule has 2 aromatic rings. The quantitative estimate of drug-likeness (QED) is 0.739. The van der Waals surface area contributed by atoms with Gasteiger partial charge < -0.3 is 9.47 Å². The number of hydrogen-bond donors (Lipinski definition) is 0. The van der Waals surface area contributed by atoms with Crippen molar-refractivity contribution in [2.75, 3.05) is 0 Å². The number of rotatable bonds is 1. The average molecular weight is 226 g/mol. The molecular formula is C15H14O2. The van der Waals surface area contributed by atoms with E-state index in [2.05, 4.69) is 0 Å². The lowest BCUT2D eigenvalue weighted by Gasteiger charge is -2.23. The number of fused-ring (bicyclic) bond motifs is 1. The van der Waals surface area contributed by atoms with Gasteiger partial charge >= 0.3 is 0 Å². The summed E-state index contributed by atoms with van der Waals surface area (Å²) in [5, 5.41) is 0. The van der Waals surface area contributed by atoms with Gasteiger partial charge in [0.15, 0.2) is 11.5 Å². The Balaban J connectivity index is 2.03. The maximum absolute atomic E-state index is 5.99. The first-order chi connectivity index (χ1) is 8.19. The largest absolute Gasteiger partial charge is 0.445 e. The summed E-state index contributed by atoms with van der Waals surface area (Å²) < 4.78 is 11.9. The average Bonchev–Trinajstić information content (AvgIpc) is 2.70. The van der Waals surface area contributed by atoms with Crippen molar-refractivity contribution in [1.82, 2.24) is 0 Å². The summed E-state index contributed by atoms with van der Waals surface area (Å²) in [7, 11) is 0. The van der Waals surface area contributed by atoms with Gasteiger partial charge in [0, 0.05) is 12.5 Å². The number of para-hydroxylation sites is 1. The van der Waals surface area contributed by atoms with Gasteiger partial charge in [-0.15, -0.1) is 0 Å². The smallest absolute Gasteiger partial charge is 0.275 e. The maximum Gasteiger partial charge on any atom is 0.275 e. The van der Waals surface area contributed by atoms with Crippen LogP contribution < -0.4 is 9.47 Å². The molecule has 0 aliphatic carbocycles. The van der Waals surface area contributed by atoms with Crippen molar-refractivity contribution in [2.45, 2.75) is 19.6 Å². The predicted octanol–water partition coefficient (Wildman–Crippen LogP) is 3.64. The van der Waals surface area contributed by atoms with Gasteiger partial charge in [0.25, 0.3) is 5.79 Å². The fourth-order valence-electron chi connectivity index (χ4n) is 2.12. The van der Waals surface area contributed by atoms with Gasteiger partial charge in [-0.3, -0.25) is 0 Å². The lowest BCUT2D eigenvalue weighted by Crippen LogP contribution is -2.31. The van der Waals surface area contributed by atoms with E-state index in [1.54, 1.807) is 0 Å². The second-order valence-corrected chi connectivity index (χ2v) is 4.42. The summed E-state index contributed by atoms with van der Waals surface area (Å²) in [6.45, 7) is 3.97. The first-order valence-electron chi connectivity index (χ1n) is 5.72. The highest BCUT2D eigenvalue weighted by Crippen LogP contribution is 2.45. The summed E-state index contributed by atoms with van der Waals surface area (Å²) in [4.78, 5) is 0. The molecule has 0 bridgehead atoms. The third-order valence-electron chi connectivity index (χ3n) is 3.08. The van der Waals surface area contributed by atoms with Crippen LogP contribution in [0, 0.1) is 6.92 Å². The Kier molecular flexibility index (Phi) is 2.11. The van der Waals surface area contributed by atoms with Crippen LogP contribution in [0.25, 0.3) is 0 Å². The summed E-state index contributed by atoms with van der Waals surface area (Å²) >= 11 is 0. The Morgan fingerprint density at radius 2 is 1.65 bits per heavy atom. The Bertz CT molecular complexity index is 548. The highest BCUT2D eigenvalue weighted by molar-refractivity contribution is 5.49. The van der Waals surface area contributed by atoms with E-state index in [9.17, 15) is 0 Å². The van der Waals surface area contributed by atoms with Crippen molar-refractivity contribution in [3.05, 3.63) is 59.7 Å². The van der Waals surface area contributed by atoms with Gasteiger partial charge in [0.05, 0.1) is 0 Å². The molecule has 0 fully saturated rings. The molecule has 1 aliphatic rings. The number of hydrogen-bond acceptors (Lipinski definition) is 2. The maximum atomic E-state index is 5.99. The summed E-state index contributed by atoms with van der Waals surface area (Å²) in [5.74, 6) is 0.950. The second-order valence-electron chi connectivity index (χ2n) is 4.42. The molecule has 1 aliphatic heterocycles. The number of benzene rings is 2. The first-order valence-corrected chi connectivity index (χ1v) is 5.72. The lowest BCUT2D eigenvalue weighted by molar-refractivity contribution is -0.0682. The minimum Gasteiger partial charge on any atom is -0.445 e. The molecular weight excluding hydrogens is 212 g/mol.